The van der Waals surface area contributed by atoms with Crippen molar-refractivity contribution in [2.24, 2.45) is 5.73 Å². The van der Waals surface area contributed by atoms with Gasteiger partial charge in [0.05, 0.1) is 5.84 Å². The van der Waals surface area contributed by atoms with Crippen LogP contribution in [0.5, 0.6) is 0 Å². The number of anilines is 1. The zero-order valence-corrected chi connectivity index (χ0v) is 11.2. The number of halogens is 1. The van der Waals surface area contributed by atoms with Gasteiger partial charge in [-0.05, 0) is 41.4 Å². The molecule has 5 heteroatoms. The number of nitrogens with two attached hydrogens (primary N) is 1. The highest BCUT2D eigenvalue weighted by molar-refractivity contribution is 9.10. The van der Waals surface area contributed by atoms with Crippen LogP contribution in [0, 0.1) is 12.3 Å². The molecule has 0 aliphatic rings. The number of amidine groups is 1. The third-order valence-electron chi connectivity index (χ3n) is 2.39. The Hall–Kier alpha value is -1.10. The van der Waals surface area contributed by atoms with E-state index < -0.39 is 0 Å². The van der Waals surface area contributed by atoms with Crippen LogP contribution in [-0.4, -0.2) is 23.9 Å². The molecule has 0 saturated heterocycles. The molecule has 0 unspecified atom stereocenters. The van der Waals surface area contributed by atoms with Gasteiger partial charge in [-0.2, -0.15) is 0 Å². The summed E-state index contributed by atoms with van der Waals surface area (Å²) < 4.78 is 1.01. The van der Waals surface area contributed by atoms with Gasteiger partial charge in [0.2, 0.25) is 0 Å². The molecule has 3 N–H and O–H groups in total. The molecular formula is C11H17BrN4. The van der Waals surface area contributed by atoms with E-state index in [1.807, 2.05) is 13.0 Å². The molecule has 4 nitrogen and oxygen atoms in total. The Labute approximate surface area is 104 Å². The summed E-state index contributed by atoms with van der Waals surface area (Å²) in [7, 11) is 0. The molecular weight excluding hydrogens is 268 g/mol. The highest BCUT2D eigenvalue weighted by atomic mass is 79.9. The van der Waals surface area contributed by atoms with Crippen molar-refractivity contribution in [1.29, 1.82) is 5.41 Å². The van der Waals surface area contributed by atoms with Crippen molar-refractivity contribution in [2.75, 3.05) is 18.0 Å². The number of hydrogen-bond donors (Lipinski definition) is 2. The first kappa shape index (κ1) is 13.0. The summed E-state index contributed by atoms with van der Waals surface area (Å²) in [5.74, 6) is 1.15. The Morgan fingerprint density at radius 2 is 2.31 bits per heavy atom. The zero-order valence-electron chi connectivity index (χ0n) is 9.63. The van der Waals surface area contributed by atoms with Crippen LogP contribution in [0.4, 0.5) is 5.82 Å². The molecule has 0 atom stereocenters. The second kappa shape index (κ2) is 5.84. The fraction of sp³-hybridized carbons (Fsp3) is 0.455. The molecule has 0 saturated carbocycles. The van der Waals surface area contributed by atoms with Crippen molar-refractivity contribution < 1.29 is 0 Å². The third kappa shape index (κ3) is 3.48. The molecule has 0 fully saturated rings. The van der Waals surface area contributed by atoms with Crippen molar-refractivity contribution in [2.45, 2.75) is 20.3 Å². The smallest absolute Gasteiger partial charge is 0.128 e. The summed E-state index contributed by atoms with van der Waals surface area (Å²) in [6.45, 7) is 5.70. The molecule has 1 aromatic heterocycles. The van der Waals surface area contributed by atoms with Gasteiger partial charge >= 0.3 is 0 Å². The first-order valence-electron chi connectivity index (χ1n) is 5.24. The van der Waals surface area contributed by atoms with Crippen LogP contribution in [-0.2, 0) is 0 Å². The zero-order chi connectivity index (χ0) is 12.1. The van der Waals surface area contributed by atoms with Crippen molar-refractivity contribution >= 4 is 27.6 Å². The summed E-state index contributed by atoms with van der Waals surface area (Å²) in [5.41, 5.74) is 6.51. The number of nitrogens with zero attached hydrogens (tertiary/aromatic N) is 2. The molecule has 0 spiro atoms. The largest absolute Gasteiger partial charge is 0.388 e. The predicted molar refractivity (Wildman–Crippen MR) is 71.1 cm³/mol. The van der Waals surface area contributed by atoms with Crippen LogP contribution in [0.15, 0.2) is 16.7 Å². The summed E-state index contributed by atoms with van der Waals surface area (Å²) in [6, 6.07) is 2.04. The molecule has 0 amide bonds. The van der Waals surface area contributed by atoms with E-state index in [2.05, 4.69) is 32.7 Å². The molecule has 0 aromatic carbocycles. The monoisotopic (exact) mass is 284 g/mol. The van der Waals surface area contributed by atoms with Crippen molar-refractivity contribution in [3.63, 3.8) is 0 Å². The van der Waals surface area contributed by atoms with Crippen molar-refractivity contribution in [3.8, 4) is 0 Å². The summed E-state index contributed by atoms with van der Waals surface area (Å²) in [6.07, 6.45) is 2.38. The number of pyridine rings is 1. The number of aryl methyl sites for hydroxylation is 1. The van der Waals surface area contributed by atoms with Gasteiger partial charge in [0.25, 0.3) is 0 Å². The molecule has 16 heavy (non-hydrogen) atoms. The second-order valence-corrected chi connectivity index (χ2v) is 4.50. The van der Waals surface area contributed by atoms with E-state index in [9.17, 15) is 0 Å². The van der Waals surface area contributed by atoms with Crippen LogP contribution in [0.2, 0.25) is 0 Å². The van der Waals surface area contributed by atoms with Crippen molar-refractivity contribution in [3.05, 3.63) is 22.3 Å². The number of rotatable bonds is 5. The number of nitrogens with one attached hydrogen (secondary N) is 1. The number of aromatic nitrogens is 1. The summed E-state index contributed by atoms with van der Waals surface area (Å²) in [5, 5.41) is 7.22. The molecule has 1 heterocycles. The van der Waals surface area contributed by atoms with Crippen LogP contribution in [0.1, 0.15) is 18.9 Å². The van der Waals surface area contributed by atoms with Gasteiger partial charge in [0.1, 0.15) is 5.82 Å². The Balaban J connectivity index is 2.78. The van der Waals surface area contributed by atoms with E-state index in [1.165, 1.54) is 0 Å². The maximum Gasteiger partial charge on any atom is 0.128 e. The van der Waals surface area contributed by atoms with Crippen LogP contribution < -0.4 is 10.6 Å². The Morgan fingerprint density at radius 1 is 1.62 bits per heavy atom. The second-order valence-electron chi connectivity index (χ2n) is 3.65. The van der Waals surface area contributed by atoms with Crippen LogP contribution >= 0.6 is 15.9 Å². The fourth-order valence-electron chi connectivity index (χ4n) is 1.39. The van der Waals surface area contributed by atoms with Gasteiger partial charge in [0, 0.05) is 30.2 Å². The lowest BCUT2D eigenvalue weighted by atomic mass is 10.2. The predicted octanol–water partition coefficient (Wildman–Crippen LogP) is 2.30. The average molecular weight is 285 g/mol. The maximum atomic E-state index is 7.22. The van der Waals surface area contributed by atoms with E-state index in [-0.39, 0.29) is 5.84 Å². The molecule has 88 valence electrons. The Morgan fingerprint density at radius 3 is 2.81 bits per heavy atom. The molecule has 0 aliphatic heterocycles. The van der Waals surface area contributed by atoms with Gasteiger partial charge in [0.15, 0.2) is 0 Å². The van der Waals surface area contributed by atoms with E-state index in [4.69, 9.17) is 11.1 Å². The SMILES string of the molecule is CCN(CCC(=N)N)c1cc(C)c(Br)cn1. The topological polar surface area (TPSA) is 66.0 Å². The van der Waals surface area contributed by atoms with Crippen LogP contribution in [0.3, 0.4) is 0 Å². The first-order valence-corrected chi connectivity index (χ1v) is 6.04. The average Bonchev–Trinajstić information content (AvgIpc) is 2.23. The molecule has 0 aliphatic carbocycles. The molecule has 0 radical (unpaired) electrons. The summed E-state index contributed by atoms with van der Waals surface area (Å²) >= 11 is 3.43. The maximum absolute atomic E-state index is 7.22. The van der Waals surface area contributed by atoms with E-state index >= 15 is 0 Å². The minimum Gasteiger partial charge on any atom is -0.388 e. The minimum atomic E-state index is 0.215. The van der Waals surface area contributed by atoms with Gasteiger partial charge < -0.3 is 10.6 Å². The van der Waals surface area contributed by atoms with Crippen LogP contribution in [0.25, 0.3) is 0 Å². The fourth-order valence-corrected chi connectivity index (χ4v) is 1.60. The highest BCUT2D eigenvalue weighted by Gasteiger charge is 2.07. The van der Waals surface area contributed by atoms with Crippen molar-refractivity contribution in [1.82, 2.24) is 4.98 Å². The van der Waals surface area contributed by atoms with E-state index in [0.29, 0.717) is 6.42 Å². The first-order chi connectivity index (χ1) is 7.54. The Bertz CT molecular complexity index is 378. The highest BCUT2D eigenvalue weighted by Crippen LogP contribution is 2.19. The van der Waals surface area contributed by atoms with E-state index in [1.54, 1.807) is 6.20 Å². The third-order valence-corrected chi connectivity index (χ3v) is 3.22. The lowest BCUT2D eigenvalue weighted by Crippen LogP contribution is -2.28. The molecule has 0 bridgehead atoms. The lowest BCUT2D eigenvalue weighted by molar-refractivity contribution is 0.813. The van der Waals surface area contributed by atoms with Gasteiger partial charge in [-0.15, -0.1) is 0 Å². The molecule has 1 aromatic rings. The Kier molecular flexibility index (Phi) is 4.73. The van der Waals surface area contributed by atoms with Gasteiger partial charge in [-0.25, -0.2) is 4.98 Å². The van der Waals surface area contributed by atoms with Gasteiger partial charge in [-0.1, -0.05) is 0 Å². The number of hydrogen-bond acceptors (Lipinski definition) is 3. The summed E-state index contributed by atoms with van der Waals surface area (Å²) in [4.78, 5) is 6.47. The molecule has 1 rings (SSSR count). The minimum absolute atomic E-state index is 0.215. The normalized spacial score (nSPS) is 10.2. The lowest BCUT2D eigenvalue weighted by Gasteiger charge is -2.22. The quantitative estimate of drug-likeness (QED) is 0.644. The van der Waals surface area contributed by atoms with Gasteiger partial charge in [-0.3, -0.25) is 5.41 Å². The standard InChI is InChI=1S/C11H17BrN4/c1-3-16(5-4-10(13)14)11-6-8(2)9(12)7-15-11/h6-7H,3-5H2,1-2H3,(H3,13,14). The van der Waals surface area contributed by atoms with E-state index in [0.717, 1.165) is 28.9 Å².